The Labute approximate surface area is 147 Å². The summed E-state index contributed by atoms with van der Waals surface area (Å²) in [4.78, 5) is 16.7. The molecular weight excluding hydrogens is 324 g/mol. The number of carbonyl (C=O) groups is 1. The molecule has 1 amide bonds. The number of anilines is 1. The summed E-state index contributed by atoms with van der Waals surface area (Å²) in [5, 5.41) is 9.68. The summed E-state index contributed by atoms with van der Waals surface area (Å²) in [5.41, 5.74) is 2.82. The molecule has 5 heteroatoms. The average Bonchev–Trinajstić information content (AvgIpc) is 3.11. The molecule has 126 valence electrons. The second-order valence-electron chi connectivity index (χ2n) is 6.15. The van der Waals surface area contributed by atoms with E-state index in [1.807, 2.05) is 12.1 Å². The lowest BCUT2D eigenvalue weighted by molar-refractivity contribution is 0.0785. The summed E-state index contributed by atoms with van der Waals surface area (Å²) < 4.78 is 0. The lowest BCUT2D eigenvalue weighted by Crippen LogP contribution is -2.28. The summed E-state index contributed by atoms with van der Waals surface area (Å²) in [6.45, 7) is 2.68. The van der Waals surface area contributed by atoms with Crippen LogP contribution >= 0.6 is 11.6 Å². The van der Waals surface area contributed by atoms with Gasteiger partial charge >= 0.3 is 0 Å². The fourth-order valence-corrected chi connectivity index (χ4v) is 3.28. The molecule has 1 aliphatic rings. The molecule has 3 rings (SSSR count). The number of phenolic OH excluding ortho intramolecular Hbond substituents is 1. The number of phenols is 1. The number of halogens is 1. The number of rotatable bonds is 4. The maximum Gasteiger partial charge on any atom is 0.253 e. The van der Waals surface area contributed by atoms with Gasteiger partial charge in [-0.25, -0.2) is 0 Å². The number of para-hydroxylation sites is 1. The minimum Gasteiger partial charge on any atom is -0.506 e. The van der Waals surface area contributed by atoms with Crippen molar-refractivity contribution in [3.05, 3.63) is 58.6 Å². The SMILES string of the molecule is CN(Cc1ccccc1N1CCCC1)C(=O)c1ccc(O)c(Cl)c1. The highest BCUT2D eigenvalue weighted by Gasteiger charge is 2.18. The number of benzene rings is 2. The fraction of sp³-hybridized carbons (Fsp3) is 0.316. The Morgan fingerprint density at radius 2 is 1.92 bits per heavy atom. The number of carbonyl (C=O) groups excluding carboxylic acids is 1. The summed E-state index contributed by atoms with van der Waals surface area (Å²) in [6, 6.07) is 12.8. The van der Waals surface area contributed by atoms with Crippen molar-refractivity contribution in [2.75, 3.05) is 25.0 Å². The van der Waals surface area contributed by atoms with Crippen molar-refractivity contribution in [1.29, 1.82) is 0 Å². The molecule has 1 fully saturated rings. The molecule has 24 heavy (non-hydrogen) atoms. The summed E-state index contributed by atoms with van der Waals surface area (Å²) >= 11 is 5.91. The van der Waals surface area contributed by atoms with Crippen LogP contribution in [0.15, 0.2) is 42.5 Å². The highest BCUT2D eigenvalue weighted by Crippen LogP contribution is 2.27. The molecule has 0 aliphatic carbocycles. The molecule has 0 saturated carbocycles. The van der Waals surface area contributed by atoms with Crippen LogP contribution in [0.25, 0.3) is 0 Å². The van der Waals surface area contributed by atoms with Crippen molar-refractivity contribution in [2.45, 2.75) is 19.4 Å². The summed E-state index contributed by atoms with van der Waals surface area (Å²) in [6.07, 6.45) is 2.43. The monoisotopic (exact) mass is 344 g/mol. The molecule has 0 radical (unpaired) electrons. The maximum absolute atomic E-state index is 12.6. The molecule has 2 aromatic rings. The molecule has 0 atom stereocenters. The predicted molar refractivity (Wildman–Crippen MR) is 96.8 cm³/mol. The second kappa shape index (κ2) is 7.14. The zero-order valence-electron chi connectivity index (χ0n) is 13.7. The van der Waals surface area contributed by atoms with E-state index in [1.54, 1.807) is 18.0 Å². The topological polar surface area (TPSA) is 43.8 Å². The van der Waals surface area contributed by atoms with E-state index in [2.05, 4.69) is 17.0 Å². The van der Waals surface area contributed by atoms with Crippen LogP contribution in [0.1, 0.15) is 28.8 Å². The largest absolute Gasteiger partial charge is 0.506 e. The third-order valence-electron chi connectivity index (χ3n) is 4.39. The number of amides is 1. The Morgan fingerprint density at radius 1 is 1.21 bits per heavy atom. The Balaban J connectivity index is 1.78. The van der Waals surface area contributed by atoms with Crippen molar-refractivity contribution < 1.29 is 9.90 Å². The van der Waals surface area contributed by atoms with Crippen LogP contribution in [0, 0.1) is 0 Å². The first kappa shape index (κ1) is 16.7. The molecule has 0 unspecified atom stereocenters. The highest BCUT2D eigenvalue weighted by molar-refractivity contribution is 6.32. The van der Waals surface area contributed by atoms with E-state index >= 15 is 0 Å². The standard InChI is InChI=1S/C19H21ClN2O2/c1-21(19(24)14-8-9-18(23)16(20)12-14)13-15-6-2-3-7-17(15)22-10-4-5-11-22/h2-3,6-9,12,23H,4-5,10-11,13H2,1H3. The lowest BCUT2D eigenvalue weighted by atomic mass is 10.1. The van der Waals surface area contributed by atoms with Gasteiger partial charge in [0, 0.05) is 37.9 Å². The van der Waals surface area contributed by atoms with Crippen molar-refractivity contribution >= 4 is 23.2 Å². The van der Waals surface area contributed by atoms with Gasteiger partial charge in [-0.05, 0) is 42.7 Å². The first-order valence-corrected chi connectivity index (χ1v) is 8.51. The summed E-state index contributed by atoms with van der Waals surface area (Å²) in [5.74, 6) is -0.136. The van der Waals surface area contributed by atoms with E-state index < -0.39 is 0 Å². The van der Waals surface area contributed by atoms with E-state index in [-0.39, 0.29) is 16.7 Å². The minimum atomic E-state index is -0.117. The van der Waals surface area contributed by atoms with Gasteiger partial charge in [-0.1, -0.05) is 29.8 Å². The molecule has 1 N–H and O–H groups in total. The Bertz CT molecular complexity index is 742. The van der Waals surface area contributed by atoms with Crippen molar-refractivity contribution in [1.82, 2.24) is 4.90 Å². The van der Waals surface area contributed by atoms with Crippen LogP contribution in [0.5, 0.6) is 5.75 Å². The first-order valence-electron chi connectivity index (χ1n) is 8.13. The van der Waals surface area contributed by atoms with E-state index in [4.69, 9.17) is 11.6 Å². The zero-order chi connectivity index (χ0) is 17.1. The normalized spacial score (nSPS) is 14.0. The quantitative estimate of drug-likeness (QED) is 0.914. The van der Waals surface area contributed by atoms with Crippen LogP contribution in [0.3, 0.4) is 0 Å². The molecular formula is C19H21ClN2O2. The van der Waals surface area contributed by atoms with Crippen molar-refractivity contribution in [2.24, 2.45) is 0 Å². The molecule has 1 aliphatic heterocycles. The van der Waals surface area contributed by atoms with Crippen LogP contribution in [-0.4, -0.2) is 36.1 Å². The van der Waals surface area contributed by atoms with Crippen LogP contribution < -0.4 is 4.90 Å². The molecule has 0 aromatic heterocycles. The van der Waals surface area contributed by atoms with Gasteiger partial charge in [0.15, 0.2) is 0 Å². The first-order chi connectivity index (χ1) is 11.6. The predicted octanol–water partition coefficient (Wildman–Crippen LogP) is 3.92. The van der Waals surface area contributed by atoms with E-state index in [9.17, 15) is 9.90 Å². The van der Waals surface area contributed by atoms with E-state index in [0.717, 1.165) is 18.7 Å². The zero-order valence-corrected chi connectivity index (χ0v) is 14.5. The van der Waals surface area contributed by atoms with Gasteiger partial charge in [-0.15, -0.1) is 0 Å². The van der Waals surface area contributed by atoms with Gasteiger partial charge in [-0.3, -0.25) is 4.79 Å². The molecule has 2 aromatic carbocycles. The fourth-order valence-electron chi connectivity index (χ4n) is 3.10. The lowest BCUT2D eigenvalue weighted by Gasteiger charge is -2.24. The van der Waals surface area contributed by atoms with Crippen molar-refractivity contribution in [3.8, 4) is 5.75 Å². The molecule has 0 spiro atoms. The Hall–Kier alpha value is -2.20. The minimum absolute atomic E-state index is 0.0183. The molecule has 1 saturated heterocycles. The second-order valence-corrected chi connectivity index (χ2v) is 6.56. The summed E-state index contributed by atoms with van der Waals surface area (Å²) in [7, 11) is 1.78. The number of aromatic hydroxyl groups is 1. The van der Waals surface area contributed by atoms with E-state index in [1.165, 1.54) is 30.7 Å². The van der Waals surface area contributed by atoms with Gasteiger partial charge in [0.1, 0.15) is 5.75 Å². The van der Waals surface area contributed by atoms with Crippen LogP contribution in [0.4, 0.5) is 5.69 Å². The van der Waals surface area contributed by atoms with Crippen molar-refractivity contribution in [3.63, 3.8) is 0 Å². The number of nitrogens with zero attached hydrogens (tertiary/aromatic N) is 2. The van der Waals surface area contributed by atoms with Gasteiger partial charge in [-0.2, -0.15) is 0 Å². The third-order valence-corrected chi connectivity index (χ3v) is 4.69. The Kier molecular flexibility index (Phi) is 4.95. The number of hydrogen-bond donors (Lipinski definition) is 1. The Morgan fingerprint density at radius 3 is 2.62 bits per heavy atom. The van der Waals surface area contributed by atoms with E-state index in [0.29, 0.717) is 12.1 Å². The maximum atomic E-state index is 12.6. The third kappa shape index (κ3) is 3.49. The highest BCUT2D eigenvalue weighted by atomic mass is 35.5. The molecule has 4 nitrogen and oxygen atoms in total. The van der Waals surface area contributed by atoms with Gasteiger partial charge < -0.3 is 14.9 Å². The van der Waals surface area contributed by atoms with Crippen LogP contribution in [0.2, 0.25) is 5.02 Å². The van der Waals surface area contributed by atoms with Gasteiger partial charge in [0.2, 0.25) is 0 Å². The average molecular weight is 345 g/mol. The molecule has 1 heterocycles. The smallest absolute Gasteiger partial charge is 0.253 e. The van der Waals surface area contributed by atoms with Crippen LogP contribution in [-0.2, 0) is 6.54 Å². The van der Waals surface area contributed by atoms with Gasteiger partial charge in [0.05, 0.1) is 5.02 Å². The molecule has 0 bridgehead atoms. The van der Waals surface area contributed by atoms with Gasteiger partial charge in [0.25, 0.3) is 5.91 Å². The number of hydrogen-bond acceptors (Lipinski definition) is 3.